The standard InChI is InChI=1S/C26H34N2O3/c1-26(2,3)31-25(30)27-23(15-16-24(29)28-17-7-8-18-28)19-20-11-13-22(14-12-20)21-9-5-4-6-10-21/h4-6,9-14,23H,7-8,15-19H2,1-3H3,(H,27,30). The predicted molar refractivity (Wildman–Crippen MR) is 124 cm³/mol. The van der Waals surface area contributed by atoms with Gasteiger partial charge in [0, 0.05) is 25.6 Å². The van der Waals surface area contributed by atoms with Gasteiger partial charge in [-0.3, -0.25) is 4.79 Å². The molecule has 5 nitrogen and oxygen atoms in total. The number of carbonyl (C=O) groups excluding carboxylic acids is 2. The van der Waals surface area contributed by atoms with Crippen molar-refractivity contribution in [2.75, 3.05) is 13.1 Å². The Morgan fingerprint density at radius 2 is 1.58 bits per heavy atom. The van der Waals surface area contributed by atoms with Gasteiger partial charge < -0.3 is 15.0 Å². The summed E-state index contributed by atoms with van der Waals surface area (Å²) in [4.78, 5) is 26.8. The van der Waals surface area contributed by atoms with E-state index in [1.807, 2.05) is 43.9 Å². The lowest BCUT2D eigenvalue weighted by molar-refractivity contribution is -0.130. The normalized spacial score (nSPS) is 14.9. The van der Waals surface area contributed by atoms with Crippen molar-refractivity contribution in [1.29, 1.82) is 0 Å². The molecular formula is C26H34N2O3. The Labute approximate surface area is 185 Å². The molecule has 2 amide bonds. The number of likely N-dealkylation sites (tertiary alicyclic amines) is 1. The predicted octanol–water partition coefficient (Wildman–Crippen LogP) is 5.19. The minimum atomic E-state index is -0.558. The van der Waals surface area contributed by atoms with Crippen LogP contribution in [0.25, 0.3) is 11.1 Å². The van der Waals surface area contributed by atoms with Crippen LogP contribution in [0.4, 0.5) is 4.79 Å². The van der Waals surface area contributed by atoms with E-state index in [4.69, 9.17) is 4.74 Å². The molecule has 0 aliphatic carbocycles. The lowest BCUT2D eigenvalue weighted by atomic mass is 9.98. The zero-order valence-electron chi connectivity index (χ0n) is 18.9. The van der Waals surface area contributed by atoms with Crippen LogP contribution in [0.1, 0.15) is 52.0 Å². The first-order chi connectivity index (χ1) is 14.8. The third-order valence-corrected chi connectivity index (χ3v) is 5.43. The van der Waals surface area contributed by atoms with Gasteiger partial charge in [0.05, 0.1) is 0 Å². The van der Waals surface area contributed by atoms with Crippen LogP contribution in [-0.2, 0) is 16.0 Å². The monoisotopic (exact) mass is 422 g/mol. The molecule has 0 saturated carbocycles. The molecule has 3 rings (SSSR count). The van der Waals surface area contributed by atoms with Crippen molar-refractivity contribution in [3.8, 4) is 11.1 Å². The van der Waals surface area contributed by atoms with Gasteiger partial charge in [-0.15, -0.1) is 0 Å². The van der Waals surface area contributed by atoms with Crippen LogP contribution in [0.3, 0.4) is 0 Å². The number of amides is 2. The first-order valence-electron chi connectivity index (χ1n) is 11.2. The molecule has 166 valence electrons. The fourth-order valence-electron chi connectivity index (χ4n) is 3.87. The molecule has 1 atom stereocenters. The number of hydrogen-bond acceptors (Lipinski definition) is 3. The molecule has 0 spiro atoms. The number of nitrogens with zero attached hydrogens (tertiary/aromatic N) is 1. The molecule has 1 aliphatic heterocycles. The summed E-state index contributed by atoms with van der Waals surface area (Å²) >= 11 is 0. The Balaban J connectivity index is 1.64. The molecule has 5 heteroatoms. The maximum absolute atomic E-state index is 12.5. The van der Waals surface area contributed by atoms with Gasteiger partial charge in [-0.1, -0.05) is 54.6 Å². The number of carbonyl (C=O) groups is 2. The second-order valence-electron chi connectivity index (χ2n) is 9.24. The number of alkyl carbamates (subject to hydrolysis) is 1. The fourth-order valence-corrected chi connectivity index (χ4v) is 3.87. The molecule has 1 N–H and O–H groups in total. The van der Waals surface area contributed by atoms with E-state index in [9.17, 15) is 9.59 Å². The van der Waals surface area contributed by atoms with Crippen LogP contribution < -0.4 is 5.32 Å². The van der Waals surface area contributed by atoms with Gasteiger partial charge in [-0.05, 0) is 63.1 Å². The van der Waals surface area contributed by atoms with Gasteiger partial charge in [0.1, 0.15) is 5.60 Å². The maximum atomic E-state index is 12.5. The highest BCUT2D eigenvalue weighted by Crippen LogP contribution is 2.21. The third-order valence-electron chi connectivity index (χ3n) is 5.43. The van der Waals surface area contributed by atoms with Gasteiger partial charge in [-0.25, -0.2) is 4.79 Å². The van der Waals surface area contributed by atoms with Gasteiger partial charge in [-0.2, -0.15) is 0 Å². The van der Waals surface area contributed by atoms with Crippen LogP contribution in [0.5, 0.6) is 0 Å². The van der Waals surface area contributed by atoms with Crippen molar-refractivity contribution in [1.82, 2.24) is 10.2 Å². The largest absolute Gasteiger partial charge is 0.444 e. The van der Waals surface area contributed by atoms with E-state index < -0.39 is 11.7 Å². The van der Waals surface area contributed by atoms with Crippen LogP contribution in [-0.4, -0.2) is 41.6 Å². The molecule has 2 aromatic carbocycles. The third kappa shape index (κ3) is 7.42. The van der Waals surface area contributed by atoms with E-state index in [1.165, 1.54) is 5.56 Å². The van der Waals surface area contributed by atoms with Gasteiger partial charge >= 0.3 is 6.09 Å². The van der Waals surface area contributed by atoms with E-state index in [0.29, 0.717) is 19.3 Å². The fraction of sp³-hybridized carbons (Fsp3) is 0.462. The lowest BCUT2D eigenvalue weighted by Gasteiger charge is -2.24. The highest BCUT2D eigenvalue weighted by molar-refractivity contribution is 5.76. The first kappa shape index (κ1) is 22.9. The van der Waals surface area contributed by atoms with Crippen molar-refractivity contribution in [3.05, 3.63) is 60.2 Å². The van der Waals surface area contributed by atoms with E-state index in [0.717, 1.165) is 37.1 Å². The summed E-state index contributed by atoms with van der Waals surface area (Å²) in [6.45, 7) is 7.25. The molecular weight excluding hydrogens is 388 g/mol. The van der Waals surface area contributed by atoms with Crippen molar-refractivity contribution >= 4 is 12.0 Å². The Hall–Kier alpha value is -2.82. The topological polar surface area (TPSA) is 58.6 Å². The molecule has 0 radical (unpaired) electrons. The quantitative estimate of drug-likeness (QED) is 0.668. The molecule has 1 fully saturated rings. The van der Waals surface area contributed by atoms with Crippen LogP contribution in [0.2, 0.25) is 0 Å². The molecule has 0 aromatic heterocycles. The van der Waals surface area contributed by atoms with Crippen LogP contribution >= 0.6 is 0 Å². The number of ether oxygens (including phenoxy) is 1. The Morgan fingerprint density at radius 3 is 2.19 bits per heavy atom. The number of hydrogen-bond donors (Lipinski definition) is 1. The number of nitrogens with one attached hydrogen (secondary N) is 1. The van der Waals surface area contributed by atoms with Crippen molar-refractivity contribution in [2.45, 2.75) is 64.5 Å². The number of benzene rings is 2. The van der Waals surface area contributed by atoms with E-state index in [2.05, 4.69) is 41.7 Å². The van der Waals surface area contributed by atoms with Gasteiger partial charge in [0.2, 0.25) is 5.91 Å². The summed E-state index contributed by atoms with van der Waals surface area (Å²) in [5, 5.41) is 2.98. The van der Waals surface area contributed by atoms with Gasteiger partial charge in [0.15, 0.2) is 0 Å². The van der Waals surface area contributed by atoms with E-state index in [-0.39, 0.29) is 11.9 Å². The second kappa shape index (κ2) is 10.5. The average molecular weight is 423 g/mol. The molecule has 2 aromatic rings. The highest BCUT2D eigenvalue weighted by atomic mass is 16.6. The Morgan fingerprint density at radius 1 is 0.968 bits per heavy atom. The van der Waals surface area contributed by atoms with E-state index >= 15 is 0 Å². The Kier molecular flexibility index (Phi) is 7.72. The van der Waals surface area contributed by atoms with Crippen molar-refractivity contribution in [3.63, 3.8) is 0 Å². The number of rotatable bonds is 7. The Bertz CT molecular complexity index is 850. The minimum absolute atomic E-state index is 0.163. The maximum Gasteiger partial charge on any atom is 0.407 e. The lowest BCUT2D eigenvalue weighted by Crippen LogP contribution is -2.41. The summed E-state index contributed by atoms with van der Waals surface area (Å²) in [5.41, 5.74) is 2.89. The molecule has 1 aliphatic rings. The average Bonchev–Trinajstić information content (AvgIpc) is 3.27. The van der Waals surface area contributed by atoms with Crippen molar-refractivity contribution in [2.24, 2.45) is 0 Å². The SMILES string of the molecule is CC(C)(C)OC(=O)NC(CCC(=O)N1CCCC1)Cc1ccc(-c2ccccc2)cc1. The first-order valence-corrected chi connectivity index (χ1v) is 11.2. The molecule has 0 bridgehead atoms. The summed E-state index contributed by atoms with van der Waals surface area (Å²) in [6.07, 6.45) is 3.41. The highest BCUT2D eigenvalue weighted by Gasteiger charge is 2.23. The van der Waals surface area contributed by atoms with Gasteiger partial charge in [0.25, 0.3) is 0 Å². The van der Waals surface area contributed by atoms with Crippen LogP contribution in [0, 0.1) is 0 Å². The second-order valence-corrected chi connectivity index (χ2v) is 9.24. The summed E-state index contributed by atoms with van der Waals surface area (Å²) < 4.78 is 5.44. The minimum Gasteiger partial charge on any atom is -0.444 e. The summed E-state index contributed by atoms with van der Waals surface area (Å²) in [5.74, 6) is 0.174. The van der Waals surface area contributed by atoms with E-state index in [1.54, 1.807) is 0 Å². The molecule has 1 unspecified atom stereocenters. The summed E-state index contributed by atoms with van der Waals surface area (Å²) in [6, 6.07) is 18.5. The molecule has 1 heterocycles. The zero-order valence-corrected chi connectivity index (χ0v) is 18.9. The van der Waals surface area contributed by atoms with Crippen LogP contribution in [0.15, 0.2) is 54.6 Å². The zero-order chi connectivity index (χ0) is 22.3. The smallest absolute Gasteiger partial charge is 0.407 e. The molecule has 31 heavy (non-hydrogen) atoms. The molecule has 1 saturated heterocycles. The summed E-state index contributed by atoms with van der Waals surface area (Å²) in [7, 11) is 0. The van der Waals surface area contributed by atoms with Crippen molar-refractivity contribution < 1.29 is 14.3 Å².